The fourth-order valence-electron chi connectivity index (χ4n) is 3.89. The number of hydrogen-bond acceptors (Lipinski definition) is 5. The third-order valence-corrected chi connectivity index (χ3v) is 5.53. The third-order valence-electron chi connectivity index (χ3n) is 5.53. The molecule has 0 amide bonds. The number of ketones is 1. The van der Waals surface area contributed by atoms with Crippen LogP contribution in [0.2, 0.25) is 0 Å². The summed E-state index contributed by atoms with van der Waals surface area (Å²) >= 11 is 0. The number of carbonyl (C=O) groups excluding carboxylic acids is 1. The average molecular weight is 392 g/mol. The molecular formula is C20H26ClN3O3. The van der Waals surface area contributed by atoms with Gasteiger partial charge in [0.05, 0.1) is 29.9 Å². The summed E-state index contributed by atoms with van der Waals surface area (Å²) in [5.41, 5.74) is 2.76. The summed E-state index contributed by atoms with van der Waals surface area (Å²) in [6.07, 6.45) is 5.18. The van der Waals surface area contributed by atoms with Gasteiger partial charge in [0.1, 0.15) is 0 Å². The first-order chi connectivity index (χ1) is 12.5. The zero-order valence-corrected chi connectivity index (χ0v) is 16.3. The van der Waals surface area contributed by atoms with Crippen LogP contribution in [0.15, 0.2) is 23.3 Å². The van der Waals surface area contributed by atoms with Gasteiger partial charge >= 0.3 is 0 Å². The van der Waals surface area contributed by atoms with Crippen LogP contribution in [0.5, 0.6) is 0 Å². The van der Waals surface area contributed by atoms with Gasteiger partial charge in [-0.05, 0) is 62.3 Å². The van der Waals surface area contributed by atoms with Crippen LogP contribution in [0.3, 0.4) is 0 Å². The molecule has 2 N–H and O–H groups in total. The molecule has 2 heterocycles. The summed E-state index contributed by atoms with van der Waals surface area (Å²) in [5.74, 6) is 0.494. The van der Waals surface area contributed by atoms with Crippen molar-refractivity contribution >= 4 is 29.1 Å². The number of aliphatic hydroxyl groups excluding tert-OH is 1. The first-order valence-electron chi connectivity index (χ1n) is 9.46. The Morgan fingerprint density at radius 2 is 2.11 bits per heavy atom. The van der Waals surface area contributed by atoms with Crippen molar-refractivity contribution in [1.82, 2.24) is 14.9 Å². The molecule has 1 aromatic heterocycles. The highest BCUT2D eigenvalue weighted by Gasteiger charge is 2.26. The highest BCUT2D eigenvalue weighted by molar-refractivity contribution is 5.85. The van der Waals surface area contributed by atoms with E-state index in [1.54, 1.807) is 0 Å². The predicted octanol–water partition coefficient (Wildman–Crippen LogP) is 2.08. The Morgan fingerprint density at radius 3 is 2.81 bits per heavy atom. The molecule has 6 nitrogen and oxygen atoms in total. The lowest BCUT2D eigenvalue weighted by atomic mass is 9.97. The van der Waals surface area contributed by atoms with Gasteiger partial charge in [-0.15, -0.1) is 12.4 Å². The summed E-state index contributed by atoms with van der Waals surface area (Å²) < 4.78 is 1.40. The number of Topliss-reactive ketones (excluding diaryl/α,β-unsaturated/α-hetero) is 1. The number of hydrogen-bond donors (Lipinski definition) is 2. The molecule has 2 fully saturated rings. The third kappa shape index (κ3) is 4.23. The Morgan fingerprint density at radius 1 is 1.33 bits per heavy atom. The van der Waals surface area contributed by atoms with E-state index in [0.717, 1.165) is 18.5 Å². The van der Waals surface area contributed by atoms with E-state index in [-0.39, 0.29) is 42.8 Å². The Bertz CT molecular complexity index is 907. The highest BCUT2D eigenvalue weighted by atomic mass is 35.5. The maximum Gasteiger partial charge on any atom is 0.261 e. The van der Waals surface area contributed by atoms with Crippen molar-refractivity contribution in [3.63, 3.8) is 0 Å². The fourth-order valence-corrected chi connectivity index (χ4v) is 3.89. The van der Waals surface area contributed by atoms with E-state index >= 15 is 0 Å². The minimum absolute atomic E-state index is 0. The Labute approximate surface area is 164 Å². The molecular weight excluding hydrogens is 366 g/mol. The van der Waals surface area contributed by atoms with Gasteiger partial charge < -0.3 is 10.4 Å². The van der Waals surface area contributed by atoms with E-state index in [1.807, 2.05) is 13.0 Å². The van der Waals surface area contributed by atoms with Crippen LogP contribution in [0.25, 0.3) is 10.9 Å². The number of aliphatic hydroxyl groups is 1. The van der Waals surface area contributed by atoms with E-state index in [1.165, 1.54) is 29.3 Å². The monoisotopic (exact) mass is 391 g/mol. The molecule has 1 saturated carbocycles. The summed E-state index contributed by atoms with van der Waals surface area (Å²) in [7, 11) is 0. The van der Waals surface area contributed by atoms with Crippen LogP contribution in [-0.2, 0) is 11.3 Å². The normalized spacial score (nSPS) is 22.4. The number of aryl methyl sites for hydroxylation is 1. The highest BCUT2D eigenvalue weighted by Crippen LogP contribution is 2.41. The van der Waals surface area contributed by atoms with Crippen molar-refractivity contribution in [2.75, 3.05) is 6.54 Å². The SMILES string of the molecule is Cc1cc(C2CC2)cc2c(=O)n(CC(=O)C[C@H]3NCCC[C@@H]3O)cnc12.Cl. The molecule has 1 aliphatic heterocycles. The predicted molar refractivity (Wildman–Crippen MR) is 107 cm³/mol. The van der Waals surface area contributed by atoms with Crippen LogP contribution in [0, 0.1) is 6.92 Å². The van der Waals surface area contributed by atoms with E-state index in [2.05, 4.69) is 16.4 Å². The average Bonchev–Trinajstić information content (AvgIpc) is 3.45. The van der Waals surface area contributed by atoms with Gasteiger partial charge in [0, 0.05) is 12.5 Å². The Hall–Kier alpha value is -1.76. The number of benzene rings is 1. The quantitative estimate of drug-likeness (QED) is 0.815. The molecule has 1 aliphatic carbocycles. The second kappa shape index (κ2) is 8.09. The van der Waals surface area contributed by atoms with Gasteiger partial charge in [0.15, 0.2) is 5.78 Å². The molecule has 1 saturated heterocycles. The zero-order chi connectivity index (χ0) is 18.3. The number of piperidine rings is 1. The van der Waals surface area contributed by atoms with Gasteiger partial charge in [-0.3, -0.25) is 14.2 Å². The fraction of sp³-hybridized carbons (Fsp3) is 0.550. The van der Waals surface area contributed by atoms with E-state index < -0.39 is 6.10 Å². The minimum atomic E-state index is -0.497. The van der Waals surface area contributed by atoms with E-state index in [9.17, 15) is 14.7 Å². The number of nitrogens with zero attached hydrogens (tertiary/aromatic N) is 2. The van der Waals surface area contributed by atoms with Crippen molar-refractivity contribution in [3.8, 4) is 0 Å². The van der Waals surface area contributed by atoms with Crippen molar-refractivity contribution in [2.45, 2.75) is 63.6 Å². The molecule has 7 heteroatoms. The van der Waals surface area contributed by atoms with Gasteiger partial charge in [0.25, 0.3) is 5.56 Å². The largest absolute Gasteiger partial charge is 0.391 e. The molecule has 4 rings (SSSR count). The maximum absolute atomic E-state index is 12.9. The van der Waals surface area contributed by atoms with Crippen LogP contribution >= 0.6 is 12.4 Å². The lowest BCUT2D eigenvalue weighted by Gasteiger charge is -2.28. The molecule has 1 aromatic carbocycles. The van der Waals surface area contributed by atoms with Crippen molar-refractivity contribution in [3.05, 3.63) is 39.9 Å². The number of rotatable bonds is 5. The van der Waals surface area contributed by atoms with Crippen molar-refractivity contribution < 1.29 is 9.90 Å². The van der Waals surface area contributed by atoms with Crippen molar-refractivity contribution in [2.24, 2.45) is 0 Å². The van der Waals surface area contributed by atoms with Crippen LogP contribution in [0.1, 0.15) is 49.1 Å². The van der Waals surface area contributed by atoms with E-state index in [0.29, 0.717) is 23.2 Å². The van der Waals surface area contributed by atoms with E-state index in [4.69, 9.17) is 0 Å². The second-order valence-electron chi connectivity index (χ2n) is 7.70. The van der Waals surface area contributed by atoms with Crippen molar-refractivity contribution in [1.29, 1.82) is 0 Å². The molecule has 0 bridgehead atoms. The summed E-state index contributed by atoms with van der Waals surface area (Å²) in [6.45, 7) is 2.79. The van der Waals surface area contributed by atoms with Crippen LogP contribution in [0.4, 0.5) is 0 Å². The number of nitrogens with one attached hydrogen (secondary N) is 1. The first-order valence-corrected chi connectivity index (χ1v) is 9.46. The maximum atomic E-state index is 12.9. The van der Waals surface area contributed by atoms with Crippen LogP contribution in [-0.4, -0.2) is 39.1 Å². The van der Waals surface area contributed by atoms with Gasteiger partial charge in [-0.25, -0.2) is 4.98 Å². The Kier molecular flexibility index (Phi) is 5.99. The van der Waals surface area contributed by atoms with Gasteiger partial charge in [0.2, 0.25) is 0 Å². The van der Waals surface area contributed by atoms with Gasteiger partial charge in [-0.1, -0.05) is 6.07 Å². The molecule has 0 unspecified atom stereocenters. The lowest BCUT2D eigenvalue weighted by Crippen LogP contribution is -2.46. The molecule has 2 aliphatic rings. The molecule has 2 aromatic rings. The first kappa shape index (κ1) is 20.0. The summed E-state index contributed by atoms with van der Waals surface area (Å²) in [4.78, 5) is 29.7. The topological polar surface area (TPSA) is 84.2 Å². The molecule has 0 spiro atoms. The number of halogens is 1. The number of carbonyl (C=O) groups is 1. The molecule has 27 heavy (non-hydrogen) atoms. The number of fused-ring (bicyclic) bond motifs is 1. The summed E-state index contributed by atoms with van der Waals surface area (Å²) in [6, 6.07) is 3.85. The standard InChI is InChI=1S/C20H25N3O3.ClH/c1-12-7-14(13-4-5-13)8-16-19(12)22-11-23(20(16)26)10-15(24)9-17-18(25)3-2-6-21-17;/h7-8,11,13,17-18,21,25H,2-6,9-10H2,1H3;1H/t17-,18+;/m1./s1. The lowest BCUT2D eigenvalue weighted by molar-refractivity contribution is -0.121. The number of aromatic nitrogens is 2. The molecule has 146 valence electrons. The minimum Gasteiger partial charge on any atom is -0.391 e. The summed E-state index contributed by atoms with van der Waals surface area (Å²) in [5, 5.41) is 13.8. The smallest absolute Gasteiger partial charge is 0.261 e. The zero-order valence-electron chi connectivity index (χ0n) is 15.5. The van der Waals surface area contributed by atoms with Gasteiger partial charge in [-0.2, -0.15) is 0 Å². The van der Waals surface area contributed by atoms with Crippen LogP contribution < -0.4 is 10.9 Å². The Balaban J connectivity index is 0.00000210. The second-order valence-corrected chi connectivity index (χ2v) is 7.70. The molecule has 2 atom stereocenters. The molecule has 0 radical (unpaired) electrons.